The van der Waals surface area contributed by atoms with Crippen molar-refractivity contribution in [3.63, 3.8) is 0 Å². The number of hydrogen-bond acceptors (Lipinski definition) is 4. The van der Waals surface area contributed by atoms with E-state index >= 15 is 0 Å². The van der Waals surface area contributed by atoms with Gasteiger partial charge in [-0.05, 0) is 63.1 Å². The molecule has 29 heavy (non-hydrogen) atoms. The molecule has 0 unspecified atom stereocenters. The molecule has 0 aliphatic carbocycles. The van der Waals surface area contributed by atoms with Gasteiger partial charge in [0.05, 0.1) is 18.0 Å². The van der Waals surface area contributed by atoms with E-state index in [2.05, 4.69) is 17.2 Å². The third kappa shape index (κ3) is 10.6. The van der Waals surface area contributed by atoms with Crippen LogP contribution in [0.3, 0.4) is 0 Å². The predicted octanol–water partition coefficient (Wildman–Crippen LogP) is 7.89. The molecular weight excluding hydrogens is 360 g/mol. The average molecular weight is 395 g/mol. The fourth-order valence-corrected chi connectivity index (χ4v) is 3.06. The van der Waals surface area contributed by atoms with Gasteiger partial charge in [0.2, 0.25) is 0 Å². The number of ether oxygens (including phenoxy) is 1. The van der Waals surface area contributed by atoms with Gasteiger partial charge >= 0.3 is 0 Å². The molecule has 2 aromatic rings. The van der Waals surface area contributed by atoms with Crippen LogP contribution in [-0.2, 0) is 4.79 Å². The predicted molar refractivity (Wildman–Crippen MR) is 120 cm³/mol. The van der Waals surface area contributed by atoms with E-state index < -0.39 is 0 Å². The second-order valence-electron chi connectivity index (χ2n) is 7.66. The molecule has 0 fully saturated rings. The molecule has 0 aliphatic rings. The Morgan fingerprint density at radius 2 is 1.21 bits per heavy atom. The van der Waals surface area contributed by atoms with Crippen LogP contribution in [0.2, 0.25) is 0 Å². The Bertz CT molecular complexity index is 736. The van der Waals surface area contributed by atoms with Gasteiger partial charge in [0.25, 0.3) is 0 Å². The van der Waals surface area contributed by atoms with E-state index in [1.54, 1.807) is 6.92 Å². The van der Waals surface area contributed by atoms with E-state index in [1.807, 2.05) is 48.5 Å². The SMILES string of the molecule is CC(=O)CCCCCCCCCCOc1ccc(N=Nc2ccc(C)cc2)cc1. The lowest BCUT2D eigenvalue weighted by molar-refractivity contribution is -0.117. The number of Topliss-reactive ketones (excluding diaryl/α,β-unsaturated/α-hetero) is 1. The highest BCUT2D eigenvalue weighted by atomic mass is 16.5. The molecule has 0 atom stereocenters. The van der Waals surface area contributed by atoms with Gasteiger partial charge in [-0.2, -0.15) is 10.2 Å². The Labute approximate surface area is 175 Å². The monoisotopic (exact) mass is 394 g/mol. The van der Waals surface area contributed by atoms with Crippen LogP contribution >= 0.6 is 0 Å². The Balaban J connectivity index is 1.53. The number of rotatable bonds is 14. The van der Waals surface area contributed by atoms with Gasteiger partial charge in [0.15, 0.2) is 0 Å². The summed E-state index contributed by atoms with van der Waals surface area (Å²) in [5.41, 5.74) is 2.89. The van der Waals surface area contributed by atoms with Crippen molar-refractivity contribution in [1.82, 2.24) is 0 Å². The normalized spacial score (nSPS) is 11.1. The van der Waals surface area contributed by atoms with E-state index in [-0.39, 0.29) is 0 Å². The van der Waals surface area contributed by atoms with E-state index in [0.717, 1.165) is 43.0 Å². The van der Waals surface area contributed by atoms with Crippen LogP contribution in [0.15, 0.2) is 58.8 Å². The summed E-state index contributed by atoms with van der Waals surface area (Å²) in [6, 6.07) is 15.7. The number of ketones is 1. The number of unbranched alkanes of at least 4 members (excludes halogenated alkanes) is 7. The van der Waals surface area contributed by atoms with Crippen LogP contribution in [0, 0.1) is 6.92 Å². The molecule has 0 amide bonds. The summed E-state index contributed by atoms with van der Waals surface area (Å²) < 4.78 is 5.81. The number of carbonyl (C=O) groups is 1. The lowest BCUT2D eigenvalue weighted by Gasteiger charge is -2.06. The first-order valence-corrected chi connectivity index (χ1v) is 10.8. The standard InChI is InChI=1S/C25H34N2O2/c1-21-12-14-23(15-13-21)26-27-24-16-18-25(19-17-24)29-20-10-8-6-4-3-5-7-9-11-22(2)28/h12-19H,3-11,20H2,1-2H3. The van der Waals surface area contributed by atoms with Crippen molar-refractivity contribution >= 4 is 17.2 Å². The molecule has 4 heteroatoms. The van der Waals surface area contributed by atoms with Crippen LogP contribution in [0.25, 0.3) is 0 Å². The fraction of sp³-hybridized carbons (Fsp3) is 0.480. The molecule has 2 rings (SSSR count). The molecule has 0 heterocycles. The third-order valence-corrected chi connectivity index (χ3v) is 4.84. The number of carbonyl (C=O) groups excluding carboxylic acids is 1. The maximum absolute atomic E-state index is 10.9. The van der Waals surface area contributed by atoms with Gasteiger partial charge in [0.1, 0.15) is 11.5 Å². The van der Waals surface area contributed by atoms with Crippen molar-refractivity contribution in [3.8, 4) is 5.75 Å². The van der Waals surface area contributed by atoms with Crippen molar-refractivity contribution < 1.29 is 9.53 Å². The molecule has 0 radical (unpaired) electrons. The number of azo groups is 1. The minimum Gasteiger partial charge on any atom is -0.494 e. The molecule has 0 aromatic heterocycles. The van der Waals surface area contributed by atoms with Crippen molar-refractivity contribution in [2.24, 2.45) is 10.2 Å². The zero-order valence-corrected chi connectivity index (χ0v) is 17.9. The quantitative estimate of drug-likeness (QED) is 0.241. The molecule has 156 valence electrons. The summed E-state index contributed by atoms with van der Waals surface area (Å²) in [5.74, 6) is 1.19. The van der Waals surface area contributed by atoms with E-state index in [4.69, 9.17) is 4.74 Å². The summed E-state index contributed by atoms with van der Waals surface area (Å²) >= 11 is 0. The van der Waals surface area contributed by atoms with Crippen LogP contribution in [0.5, 0.6) is 5.75 Å². The first kappa shape index (κ1) is 22.8. The largest absolute Gasteiger partial charge is 0.494 e. The molecule has 0 N–H and O–H groups in total. The summed E-state index contributed by atoms with van der Waals surface area (Å²) in [4.78, 5) is 10.9. The van der Waals surface area contributed by atoms with E-state index in [9.17, 15) is 4.79 Å². The van der Waals surface area contributed by atoms with Crippen molar-refractivity contribution in [2.75, 3.05) is 6.61 Å². The van der Waals surface area contributed by atoms with Crippen molar-refractivity contribution in [1.29, 1.82) is 0 Å². The van der Waals surface area contributed by atoms with E-state index in [1.165, 1.54) is 44.1 Å². The van der Waals surface area contributed by atoms with Crippen LogP contribution in [0.1, 0.15) is 70.3 Å². The topological polar surface area (TPSA) is 51.0 Å². The molecule has 0 spiro atoms. The number of benzene rings is 2. The van der Waals surface area contributed by atoms with Gasteiger partial charge in [-0.3, -0.25) is 0 Å². The summed E-state index contributed by atoms with van der Waals surface area (Å²) in [6.45, 7) is 4.48. The minimum absolute atomic E-state index is 0.311. The second kappa shape index (κ2) is 13.6. The highest BCUT2D eigenvalue weighted by Crippen LogP contribution is 2.21. The van der Waals surface area contributed by atoms with E-state index in [0.29, 0.717) is 5.78 Å². The summed E-state index contributed by atoms with van der Waals surface area (Å²) in [6.07, 6.45) is 10.3. The smallest absolute Gasteiger partial charge is 0.129 e. The third-order valence-electron chi connectivity index (χ3n) is 4.84. The summed E-state index contributed by atoms with van der Waals surface area (Å²) in [7, 11) is 0. The number of hydrogen-bond donors (Lipinski definition) is 0. The minimum atomic E-state index is 0.311. The Hall–Kier alpha value is -2.49. The number of nitrogens with zero attached hydrogens (tertiary/aromatic N) is 2. The van der Waals surface area contributed by atoms with Gasteiger partial charge in [-0.15, -0.1) is 0 Å². The lowest BCUT2D eigenvalue weighted by Crippen LogP contribution is -1.97. The van der Waals surface area contributed by atoms with Gasteiger partial charge in [-0.1, -0.05) is 56.2 Å². The molecule has 2 aromatic carbocycles. The maximum atomic E-state index is 10.9. The maximum Gasteiger partial charge on any atom is 0.129 e. The Morgan fingerprint density at radius 1 is 0.724 bits per heavy atom. The molecule has 0 bridgehead atoms. The zero-order chi connectivity index (χ0) is 20.7. The van der Waals surface area contributed by atoms with Crippen LogP contribution in [-0.4, -0.2) is 12.4 Å². The van der Waals surface area contributed by atoms with Crippen LogP contribution < -0.4 is 4.74 Å². The molecule has 4 nitrogen and oxygen atoms in total. The van der Waals surface area contributed by atoms with Crippen molar-refractivity contribution in [2.45, 2.75) is 71.6 Å². The van der Waals surface area contributed by atoms with Gasteiger partial charge in [-0.25, -0.2) is 0 Å². The Morgan fingerprint density at radius 3 is 1.76 bits per heavy atom. The van der Waals surface area contributed by atoms with Crippen molar-refractivity contribution in [3.05, 3.63) is 54.1 Å². The first-order chi connectivity index (χ1) is 14.1. The van der Waals surface area contributed by atoms with Gasteiger partial charge < -0.3 is 9.53 Å². The highest BCUT2D eigenvalue weighted by Gasteiger charge is 1.97. The first-order valence-electron chi connectivity index (χ1n) is 10.8. The molecule has 0 aliphatic heterocycles. The summed E-state index contributed by atoms with van der Waals surface area (Å²) in [5, 5.41) is 8.52. The Kier molecular flexibility index (Phi) is 10.7. The second-order valence-corrected chi connectivity index (χ2v) is 7.66. The fourth-order valence-electron chi connectivity index (χ4n) is 3.06. The van der Waals surface area contributed by atoms with Crippen LogP contribution in [0.4, 0.5) is 11.4 Å². The molecule has 0 saturated heterocycles. The van der Waals surface area contributed by atoms with Gasteiger partial charge in [0, 0.05) is 6.42 Å². The average Bonchev–Trinajstić information content (AvgIpc) is 2.72. The molecular formula is C25H34N2O2. The zero-order valence-electron chi connectivity index (χ0n) is 17.9. The number of aryl methyl sites for hydroxylation is 1. The lowest BCUT2D eigenvalue weighted by atomic mass is 10.1. The molecule has 0 saturated carbocycles. The highest BCUT2D eigenvalue weighted by molar-refractivity contribution is 5.75.